The number of rotatable bonds is 6. The summed E-state index contributed by atoms with van der Waals surface area (Å²) in [5.74, 6) is 0.191. The monoisotopic (exact) mass is 438 g/mol. The number of amides is 1. The third kappa shape index (κ3) is 4.72. The molecule has 3 rings (SSSR count). The molecule has 0 saturated heterocycles. The minimum Gasteiger partial charge on any atom is -0.495 e. The molecule has 0 fully saturated rings. The molecule has 6 nitrogen and oxygen atoms in total. The van der Waals surface area contributed by atoms with E-state index in [1.807, 2.05) is 32.9 Å². The van der Waals surface area contributed by atoms with Gasteiger partial charge in [-0.15, -0.1) is 0 Å². The van der Waals surface area contributed by atoms with Crippen molar-refractivity contribution < 1.29 is 17.9 Å². The van der Waals surface area contributed by atoms with Gasteiger partial charge in [0.15, 0.2) is 0 Å². The summed E-state index contributed by atoms with van der Waals surface area (Å²) in [6, 6.07) is 17.2. The number of benzene rings is 3. The summed E-state index contributed by atoms with van der Waals surface area (Å²) in [6.45, 7) is 5.63. The molecule has 3 aromatic rings. The molecule has 0 aliphatic heterocycles. The topological polar surface area (TPSA) is 75.7 Å². The van der Waals surface area contributed by atoms with Gasteiger partial charge >= 0.3 is 0 Å². The Morgan fingerprint density at radius 1 is 0.903 bits per heavy atom. The van der Waals surface area contributed by atoms with Gasteiger partial charge in [-0.25, -0.2) is 8.42 Å². The molecule has 0 saturated carbocycles. The molecule has 0 aromatic heterocycles. The highest BCUT2D eigenvalue weighted by atomic mass is 32.2. The van der Waals surface area contributed by atoms with Crippen LogP contribution in [0.25, 0.3) is 0 Å². The lowest BCUT2D eigenvalue weighted by Crippen LogP contribution is -2.27. The minimum atomic E-state index is -3.77. The first-order valence-electron chi connectivity index (χ1n) is 9.75. The Labute approximate surface area is 183 Å². The van der Waals surface area contributed by atoms with Gasteiger partial charge in [-0.1, -0.05) is 29.8 Å². The van der Waals surface area contributed by atoms with E-state index in [0.717, 1.165) is 16.7 Å². The normalized spacial score (nSPS) is 11.1. The maximum Gasteiger partial charge on any atom is 0.264 e. The molecule has 1 N–H and O–H groups in total. The quantitative estimate of drug-likeness (QED) is 0.605. The van der Waals surface area contributed by atoms with Crippen LogP contribution in [0.4, 0.5) is 11.4 Å². The van der Waals surface area contributed by atoms with Gasteiger partial charge in [0, 0.05) is 12.6 Å². The smallest absolute Gasteiger partial charge is 0.264 e. The molecule has 7 heteroatoms. The van der Waals surface area contributed by atoms with E-state index in [-0.39, 0.29) is 10.8 Å². The van der Waals surface area contributed by atoms with E-state index in [1.54, 1.807) is 48.5 Å². The van der Waals surface area contributed by atoms with E-state index in [4.69, 9.17) is 4.74 Å². The number of sulfonamides is 1. The number of nitrogens with zero attached hydrogens (tertiary/aromatic N) is 1. The molecule has 3 aromatic carbocycles. The van der Waals surface area contributed by atoms with Crippen molar-refractivity contribution in [2.24, 2.45) is 0 Å². The van der Waals surface area contributed by atoms with Crippen LogP contribution in [0.2, 0.25) is 0 Å². The summed E-state index contributed by atoms with van der Waals surface area (Å²) in [5.41, 5.74) is 4.02. The number of methoxy groups -OCH3 is 1. The van der Waals surface area contributed by atoms with E-state index in [0.29, 0.717) is 22.7 Å². The molecule has 162 valence electrons. The van der Waals surface area contributed by atoms with Gasteiger partial charge < -0.3 is 10.1 Å². The third-order valence-electron chi connectivity index (χ3n) is 5.09. The van der Waals surface area contributed by atoms with Crippen molar-refractivity contribution in [3.8, 4) is 5.75 Å². The fourth-order valence-electron chi connectivity index (χ4n) is 3.20. The van der Waals surface area contributed by atoms with Crippen LogP contribution in [0.15, 0.2) is 65.6 Å². The van der Waals surface area contributed by atoms with Crippen molar-refractivity contribution in [1.29, 1.82) is 0 Å². The van der Waals surface area contributed by atoms with E-state index < -0.39 is 10.0 Å². The van der Waals surface area contributed by atoms with E-state index in [9.17, 15) is 13.2 Å². The Kier molecular flexibility index (Phi) is 6.36. The summed E-state index contributed by atoms with van der Waals surface area (Å²) in [7, 11) is -0.742. The second-order valence-electron chi connectivity index (χ2n) is 7.44. The molecular formula is C24H26N2O4S. The molecule has 0 aliphatic carbocycles. The van der Waals surface area contributed by atoms with Crippen LogP contribution in [-0.2, 0) is 10.0 Å². The fraction of sp³-hybridized carbons (Fsp3) is 0.208. The second kappa shape index (κ2) is 8.81. The number of anilines is 2. The summed E-state index contributed by atoms with van der Waals surface area (Å²) in [6.07, 6.45) is 0. The number of ether oxygens (including phenoxy) is 1. The van der Waals surface area contributed by atoms with Crippen LogP contribution in [-0.4, -0.2) is 28.5 Å². The number of aryl methyl sites for hydroxylation is 3. The first-order chi connectivity index (χ1) is 14.6. The zero-order chi connectivity index (χ0) is 22.8. The van der Waals surface area contributed by atoms with Crippen molar-refractivity contribution in [1.82, 2.24) is 0 Å². The van der Waals surface area contributed by atoms with E-state index in [1.165, 1.54) is 18.5 Å². The second-order valence-corrected chi connectivity index (χ2v) is 9.41. The Bertz CT molecular complexity index is 1220. The number of carbonyl (C=O) groups excluding carboxylic acids is 1. The maximum absolute atomic E-state index is 13.1. The van der Waals surface area contributed by atoms with Gasteiger partial charge in [0.2, 0.25) is 0 Å². The van der Waals surface area contributed by atoms with Crippen LogP contribution >= 0.6 is 0 Å². The lowest BCUT2D eigenvalue weighted by atomic mass is 10.1. The first kappa shape index (κ1) is 22.4. The van der Waals surface area contributed by atoms with Crippen LogP contribution < -0.4 is 14.4 Å². The summed E-state index contributed by atoms with van der Waals surface area (Å²) < 4.78 is 32.7. The van der Waals surface area contributed by atoms with Crippen molar-refractivity contribution >= 4 is 27.3 Å². The van der Waals surface area contributed by atoms with Crippen molar-refractivity contribution in [2.45, 2.75) is 25.7 Å². The highest BCUT2D eigenvalue weighted by molar-refractivity contribution is 7.92. The van der Waals surface area contributed by atoms with Gasteiger partial charge in [0.05, 0.1) is 23.4 Å². The van der Waals surface area contributed by atoms with Crippen molar-refractivity contribution in [3.05, 3.63) is 82.9 Å². The molecule has 31 heavy (non-hydrogen) atoms. The predicted molar refractivity (Wildman–Crippen MR) is 124 cm³/mol. The largest absolute Gasteiger partial charge is 0.495 e. The van der Waals surface area contributed by atoms with Gasteiger partial charge in [0.25, 0.3) is 15.9 Å². The Morgan fingerprint density at radius 3 is 2.19 bits per heavy atom. The molecule has 0 spiro atoms. The molecule has 0 radical (unpaired) electrons. The minimum absolute atomic E-state index is 0.194. The van der Waals surface area contributed by atoms with Crippen LogP contribution in [0.3, 0.4) is 0 Å². The Hall–Kier alpha value is -3.32. The molecule has 1 amide bonds. The fourth-order valence-corrected chi connectivity index (χ4v) is 4.45. The number of carbonyl (C=O) groups is 1. The van der Waals surface area contributed by atoms with Gasteiger partial charge in [0.1, 0.15) is 5.75 Å². The lowest BCUT2D eigenvalue weighted by Gasteiger charge is -2.22. The molecule has 0 atom stereocenters. The van der Waals surface area contributed by atoms with Crippen LogP contribution in [0.1, 0.15) is 27.0 Å². The number of hydrogen-bond acceptors (Lipinski definition) is 4. The Morgan fingerprint density at radius 2 is 1.55 bits per heavy atom. The molecule has 0 bridgehead atoms. The lowest BCUT2D eigenvalue weighted by molar-refractivity contribution is 0.102. The Balaban J connectivity index is 1.93. The molecule has 0 aliphatic rings. The van der Waals surface area contributed by atoms with Gasteiger partial charge in [-0.3, -0.25) is 9.10 Å². The summed E-state index contributed by atoms with van der Waals surface area (Å²) in [5, 5.41) is 2.85. The van der Waals surface area contributed by atoms with Gasteiger partial charge in [-0.2, -0.15) is 0 Å². The van der Waals surface area contributed by atoms with Crippen LogP contribution in [0, 0.1) is 20.8 Å². The third-order valence-corrected chi connectivity index (χ3v) is 6.88. The predicted octanol–water partition coefficient (Wildman–Crippen LogP) is 4.70. The summed E-state index contributed by atoms with van der Waals surface area (Å²) in [4.78, 5) is 13.1. The first-order valence-corrected chi connectivity index (χ1v) is 11.2. The average molecular weight is 439 g/mol. The number of nitrogens with one attached hydrogen (secondary N) is 1. The highest BCUT2D eigenvalue weighted by Crippen LogP contribution is 2.29. The summed E-state index contributed by atoms with van der Waals surface area (Å²) >= 11 is 0. The van der Waals surface area contributed by atoms with Crippen molar-refractivity contribution in [2.75, 3.05) is 23.8 Å². The maximum atomic E-state index is 13.1. The zero-order valence-corrected chi connectivity index (χ0v) is 19.1. The zero-order valence-electron chi connectivity index (χ0n) is 18.3. The SMILES string of the molecule is COc1ccc(C)cc1NC(=O)c1ccc(C)c(N(C)S(=O)(=O)c2ccc(C)cc2)c1. The van der Waals surface area contributed by atoms with Crippen LogP contribution in [0.5, 0.6) is 5.75 Å². The number of hydrogen-bond donors (Lipinski definition) is 1. The van der Waals surface area contributed by atoms with Gasteiger partial charge in [-0.05, 0) is 68.3 Å². The van der Waals surface area contributed by atoms with E-state index >= 15 is 0 Å². The van der Waals surface area contributed by atoms with E-state index in [2.05, 4.69) is 5.32 Å². The molecule has 0 heterocycles. The molecule has 0 unspecified atom stereocenters. The standard InChI is InChI=1S/C24H26N2O4S/c1-16-6-11-20(12-7-16)31(28,29)26(4)22-15-19(10-9-18(22)3)24(27)25-21-14-17(2)8-13-23(21)30-5/h6-15H,1-5H3,(H,25,27). The average Bonchev–Trinajstić information content (AvgIpc) is 2.74. The molecular weight excluding hydrogens is 412 g/mol. The highest BCUT2D eigenvalue weighted by Gasteiger charge is 2.23. The van der Waals surface area contributed by atoms with Crippen molar-refractivity contribution in [3.63, 3.8) is 0 Å².